The van der Waals surface area contributed by atoms with Crippen LogP contribution in [-0.4, -0.2) is 23.1 Å². The van der Waals surface area contributed by atoms with Crippen molar-refractivity contribution in [2.75, 3.05) is 0 Å². The molecular formula is C29H56O4. The van der Waals surface area contributed by atoms with Gasteiger partial charge in [-0.25, -0.2) is 4.79 Å². The van der Waals surface area contributed by atoms with E-state index in [1.54, 1.807) is 6.92 Å². The molecular weight excluding hydrogens is 412 g/mol. The van der Waals surface area contributed by atoms with Crippen molar-refractivity contribution in [3.63, 3.8) is 0 Å². The zero-order valence-corrected chi connectivity index (χ0v) is 22.2. The average molecular weight is 469 g/mol. The first-order valence-corrected chi connectivity index (χ1v) is 14.5. The van der Waals surface area contributed by atoms with Gasteiger partial charge in [0.15, 0.2) is 6.10 Å². The van der Waals surface area contributed by atoms with Crippen molar-refractivity contribution in [2.24, 2.45) is 0 Å². The summed E-state index contributed by atoms with van der Waals surface area (Å²) in [5, 5.41) is 8.90. The van der Waals surface area contributed by atoms with Crippen molar-refractivity contribution in [2.45, 2.75) is 174 Å². The highest BCUT2D eigenvalue weighted by Crippen LogP contribution is 2.15. The van der Waals surface area contributed by atoms with Gasteiger partial charge < -0.3 is 9.84 Å². The maximum absolute atomic E-state index is 11.6. The number of hydrogen-bond donors (Lipinski definition) is 1. The predicted molar refractivity (Wildman–Crippen MR) is 140 cm³/mol. The van der Waals surface area contributed by atoms with Gasteiger partial charge >= 0.3 is 11.9 Å². The highest BCUT2D eigenvalue weighted by Gasteiger charge is 2.19. The average Bonchev–Trinajstić information content (AvgIpc) is 2.80. The van der Waals surface area contributed by atoms with E-state index in [-0.39, 0.29) is 5.97 Å². The lowest BCUT2D eigenvalue weighted by molar-refractivity contribution is -0.164. The SMILES string of the molecule is CCCCCCCCCCCCCCCCCCCCCCCCC(=O)OC(CC)C(=O)O. The Balaban J connectivity index is 3.18. The molecule has 0 aromatic rings. The van der Waals surface area contributed by atoms with E-state index in [9.17, 15) is 9.59 Å². The Hall–Kier alpha value is -1.06. The minimum atomic E-state index is -1.06. The molecule has 33 heavy (non-hydrogen) atoms. The molecule has 0 aliphatic heterocycles. The Bertz CT molecular complexity index is 435. The number of ether oxygens (including phenoxy) is 1. The zero-order chi connectivity index (χ0) is 24.4. The smallest absolute Gasteiger partial charge is 0.345 e. The van der Waals surface area contributed by atoms with Crippen molar-refractivity contribution in [3.05, 3.63) is 0 Å². The van der Waals surface area contributed by atoms with E-state index in [4.69, 9.17) is 9.84 Å². The first-order chi connectivity index (χ1) is 16.1. The van der Waals surface area contributed by atoms with E-state index in [0.29, 0.717) is 12.8 Å². The molecule has 0 aromatic heterocycles. The van der Waals surface area contributed by atoms with Crippen LogP contribution in [0.4, 0.5) is 0 Å². The molecule has 0 aliphatic carbocycles. The number of carboxylic acid groups (broad SMARTS) is 1. The highest BCUT2D eigenvalue weighted by atomic mass is 16.6. The lowest BCUT2D eigenvalue weighted by atomic mass is 10.0. The molecule has 1 atom stereocenters. The second kappa shape index (κ2) is 25.6. The summed E-state index contributed by atoms with van der Waals surface area (Å²) in [7, 11) is 0. The van der Waals surface area contributed by atoms with Crippen LogP contribution in [0.2, 0.25) is 0 Å². The second-order valence-corrected chi connectivity index (χ2v) is 9.90. The third-order valence-electron chi connectivity index (χ3n) is 6.65. The number of esters is 1. The summed E-state index contributed by atoms with van der Waals surface area (Å²) in [6.45, 7) is 4.00. The van der Waals surface area contributed by atoms with Crippen molar-refractivity contribution < 1.29 is 19.4 Å². The fourth-order valence-electron chi connectivity index (χ4n) is 4.40. The van der Waals surface area contributed by atoms with E-state index in [1.165, 1.54) is 122 Å². The molecule has 0 saturated heterocycles. The van der Waals surface area contributed by atoms with E-state index in [0.717, 1.165) is 19.3 Å². The van der Waals surface area contributed by atoms with Crippen molar-refractivity contribution in [1.29, 1.82) is 0 Å². The highest BCUT2D eigenvalue weighted by molar-refractivity contribution is 5.77. The van der Waals surface area contributed by atoms with E-state index in [1.807, 2.05) is 0 Å². The molecule has 0 amide bonds. The molecule has 196 valence electrons. The van der Waals surface area contributed by atoms with Crippen molar-refractivity contribution in [3.8, 4) is 0 Å². The lowest BCUT2D eigenvalue weighted by Gasteiger charge is -2.11. The predicted octanol–water partition coefficient (Wildman–Crippen LogP) is 9.39. The number of hydrogen-bond acceptors (Lipinski definition) is 3. The van der Waals surface area contributed by atoms with E-state index in [2.05, 4.69) is 6.92 Å². The minimum absolute atomic E-state index is 0.320. The summed E-state index contributed by atoms with van der Waals surface area (Å²) in [5.74, 6) is -1.43. The fourth-order valence-corrected chi connectivity index (χ4v) is 4.40. The molecule has 0 aromatic carbocycles. The van der Waals surface area contributed by atoms with Gasteiger partial charge in [-0.1, -0.05) is 149 Å². The van der Waals surface area contributed by atoms with Crippen LogP contribution in [0.25, 0.3) is 0 Å². The van der Waals surface area contributed by atoms with Crippen LogP contribution in [0, 0.1) is 0 Å². The lowest BCUT2D eigenvalue weighted by Crippen LogP contribution is -2.26. The Morgan fingerprint density at radius 1 is 0.545 bits per heavy atom. The second-order valence-electron chi connectivity index (χ2n) is 9.90. The Kier molecular flexibility index (Phi) is 24.7. The number of rotatable bonds is 26. The van der Waals surface area contributed by atoms with Gasteiger partial charge in [0, 0.05) is 6.42 Å². The largest absolute Gasteiger partial charge is 0.479 e. The number of carbonyl (C=O) groups excluding carboxylic acids is 1. The molecule has 4 nitrogen and oxygen atoms in total. The van der Waals surface area contributed by atoms with Gasteiger partial charge in [-0.2, -0.15) is 0 Å². The van der Waals surface area contributed by atoms with Gasteiger partial charge in [-0.3, -0.25) is 4.79 Å². The van der Waals surface area contributed by atoms with Crippen LogP contribution in [0.15, 0.2) is 0 Å². The summed E-state index contributed by atoms with van der Waals surface area (Å²) in [4.78, 5) is 22.5. The molecule has 0 spiro atoms. The van der Waals surface area contributed by atoms with Crippen LogP contribution in [0.1, 0.15) is 168 Å². The molecule has 0 fully saturated rings. The number of unbranched alkanes of at least 4 members (excludes halogenated alkanes) is 21. The summed E-state index contributed by atoms with van der Waals surface area (Å²) < 4.78 is 4.97. The molecule has 4 heteroatoms. The van der Waals surface area contributed by atoms with Crippen LogP contribution in [-0.2, 0) is 14.3 Å². The Morgan fingerprint density at radius 3 is 1.12 bits per heavy atom. The molecule has 0 rings (SSSR count). The van der Waals surface area contributed by atoms with Crippen molar-refractivity contribution in [1.82, 2.24) is 0 Å². The number of carboxylic acids is 1. The van der Waals surface area contributed by atoms with Crippen molar-refractivity contribution >= 4 is 11.9 Å². The standard InChI is InChI=1S/C29H56O4/c1-3-5-6-7-8-9-10-11-12-13-14-15-16-17-18-19-20-21-22-23-24-25-26-28(30)33-27(4-2)29(31)32/h27H,3-26H2,1-2H3,(H,31,32). The van der Waals surface area contributed by atoms with Gasteiger partial charge in [0.1, 0.15) is 0 Å². The van der Waals surface area contributed by atoms with Crippen LogP contribution in [0.3, 0.4) is 0 Å². The first-order valence-electron chi connectivity index (χ1n) is 14.5. The third kappa shape index (κ3) is 23.9. The molecule has 1 unspecified atom stereocenters. The van der Waals surface area contributed by atoms with Crippen LogP contribution >= 0.6 is 0 Å². The minimum Gasteiger partial charge on any atom is -0.479 e. The monoisotopic (exact) mass is 468 g/mol. The van der Waals surface area contributed by atoms with Gasteiger partial charge in [-0.05, 0) is 12.8 Å². The molecule has 1 N–H and O–H groups in total. The van der Waals surface area contributed by atoms with E-state index >= 15 is 0 Å². The number of carbonyl (C=O) groups is 2. The fraction of sp³-hybridized carbons (Fsp3) is 0.931. The molecule has 0 radical (unpaired) electrons. The topological polar surface area (TPSA) is 63.6 Å². The molecule has 0 aliphatic rings. The molecule has 0 bridgehead atoms. The summed E-state index contributed by atoms with van der Waals surface area (Å²) in [5.41, 5.74) is 0. The summed E-state index contributed by atoms with van der Waals surface area (Å²) in [6, 6.07) is 0. The van der Waals surface area contributed by atoms with Gasteiger partial charge in [-0.15, -0.1) is 0 Å². The normalized spacial score (nSPS) is 12.1. The van der Waals surface area contributed by atoms with Gasteiger partial charge in [0.2, 0.25) is 0 Å². The third-order valence-corrected chi connectivity index (χ3v) is 6.65. The maximum atomic E-state index is 11.6. The Labute approximate surface area is 205 Å². The Morgan fingerprint density at radius 2 is 0.848 bits per heavy atom. The quantitative estimate of drug-likeness (QED) is 0.101. The number of aliphatic carboxylic acids is 1. The van der Waals surface area contributed by atoms with Gasteiger partial charge in [0.25, 0.3) is 0 Å². The van der Waals surface area contributed by atoms with Crippen LogP contribution in [0.5, 0.6) is 0 Å². The van der Waals surface area contributed by atoms with Crippen LogP contribution < -0.4 is 0 Å². The molecule has 0 heterocycles. The molecule has 0 saturated carbocycles. The maximum Gasteiger partial charge on any atom is 0.345 e. The summed E-state index contributed by atoms with van der Waals surface area (Å²) in [6.07, 6.45) is 29.2. The van der Waals surface area contributed by atoms with E-state index < -0.39 is 12.1 Å². The van der Waals surface area contributed by atoms with Gasteiger partial charge in [0.05, 0.1) is 0 Å². The first kappa shape index (κ1) is 31.9. The zero-order valence-electron chi connectivity index (χ0n) is 22.2. The summed E-state index contributed by atoms with van der Waals surface area (Å²) >= 11 is 0.